The quantitative estimate of drug-likeness (QED) is 0.837. The molecule has 0 heterocycles. The van der Waals surface area contributed by atoms with Gasteiger partial charge in [-0.3, -0.25) is 0 Å². The van der Waals surface area contributed by atoms with E-state index < -0.39 is 0 Å². The normalized spacial score (nSPS) is 11.1. The van der Waals surface area contributed by atoms with Crippen LogP contribution in [-0.2, 0) is 11.3 Å². The Balaban J connectivity index is 2.72. The maximum absolute atomic E-state index is 9.02. The number of nitrogens with one attached hydrogen (secondary N) is 1. The van der Waals surface area contributed by atoms with Gasteiger partial charge >= 0.3 is 0 Å². The van der Waals surface area contributed by atoms with E-state index in [9.17, 15) is 0 Å². The summed E-state index contributed by atoms with van der Waals surface area (Å²) in [7, 11) is 3.25. The first-order valence-electron chi connectivity index (χ1n) is 5.83. The summed E-state index contributed by atoms with van der Waals surface area (Å²) < 4.78 is 10.3. The van der Waals surface area contributed by atoms with Crippen molar-refractivity contribution >= 4 is 0 Å². The fraction of sp³-hybridized carbons (Fsp3) is 0.500. The second-order valence-corrected chi connectivity index (χ2v) is 4.82. The number of methoxy groups -OCH3 is 2. The smallest absolute Gasteiger partial charge is 0.136 e. The Kier molecular flexibility index (Phi) is 5.14. The molecule has 0 spiro atoms. The van der Waals surface area contributed by atoms with E-state index in [2.05, 4.69) is 25.2 Å². The van der Waals surface area contributed by atoms with Gasteiger partial charge in [-0.2, -0.15) is 5.26 Å². The number of nitriles is 1. The van der Waals surface area contributed by atoms with Crippen molar-refractivity contribution in [2.24, 2.45) is 0 Å². The molecule has 0 aliphatic heterocycles. The summed E-state index contributed by atoms with van der Waals surface area (Å²) in [5, 5.41) is 12.4. The van der Waals surface area contributed by atoms with Crippen molar-refractivity contribution in [2.45, 2.75) is 25.9 Å². The van der Waals surface area contributed by atoms with Crippen LogP contribution >= 0.6 is 0 Å². The molecular weight excluding hydrogens is 228 g/mol. The van der Waals surface area contributed by atoms with E-state index >= 15 is 0 Å². The van der Waals surface area contributed by atoms with Crippen molar-refractivity contribution in [2.75, 3.05) is 20.8 Å². The molecule has 18 heavy (non-hydrogen) atoms. The summed E-state index contributed by atoms with van der Waals surface area (Å²) in [4.78, 5) is 0. The van der Waals surface area contributed by atoms with Crippen LogP contribution in [0.15, 0.2) is 18.2 Å². The van der Waals surface area contributed by atoms with E-state index in [1.807, 2.05) is 18.2 Å². The maximum Gasteiger partial charge on any atom is 0.136 e. The molecule has 0 amide bonds. The highest BCUT2D eigenvalue weighted by Gasteiger charge is 2.16. The zero-order valence-corrected chi connectivity index (χ0v) is 11.4. The van der Waals surface area contributed by atoms with Gasteiger partial charge in [-0.05, 0) is 31.5 Å². The van der Waals surface area contributed by atoms with E-state index in [0.717, 1.165) is 5.56 Å². The number of hydrogen-bond acceptors (Lipinski definition) is 4. The molecule has 0 radical (unpaired) electrons. The third-order valence-electron chi connectivity index (χ3n) is 2.66. The molecule has 1 aromatic rings. The highest BCUT2D eigenvalue weighted by Crippen LogP contribution is 2.19. The third-order valence-corrected chi connectivity index (χ3v) is 2.66. The van der Waals surface area contributed by atoms with Gasteiger partial charge in [-0.1, -0.05) is 6.07 Å². The predicted molar refractivity (Wildman–Crippen MR) is 70.5 cm³/mol. The Bertz CT molecular complexity index is 436. The van der Waals surface area contributed by atoms with Gasteiger partial charge in [0.2, 0.25) is 0 Å². The lowest BCUT2D eigenvalue weighted by molar-refractivity contribution is 0.128. The minimum Gasteiger partial charge on any atom is -0.495 e. The van der Waals surface area contributed by atoms with Gasteiger partial charge in [0, 0.05) is 19.2 Å². The number of ether oxygens (including phenoxy) is 2. The number of nitrogens with zero attached hydrogens (tertiary/aromatic N) is 1. The first-order valence-corrected chi connectivity index (χ1v) is 5.83. The van der Waals surface area contributed by atoms with Crippen LogP contribution in [-0.4, -0.2) is 26.4 Å². The van der Waals surface area contributed by atoms with E-state index in [4.69, 9.17) is 14.7 Å². The first-order chi connectivity index (χ1) is 8.52. The Hall–Kier alpha value is -1.57. The van der Waals surface area contributed by atoms with Gasteiger partial charge in [0.25, 0.3) is 0 Å². The Morgan fingerprint density at radius 3 is 2.61 bits per heavy atom. The summed E-state index contributed by atoms with van der Waals surface area (Å²) in [5.74, 6) is 0.609. The van der Waals surface area contributed by atoms with E-state index in [0.29, 0.717) is 24.5 Å². The molecular formula is C14H20N2O2. The third kappa shape index (κ3) is 4.02. The van der Waals surface area contributed by atoms with Crippen molar-refractivity contribution in [1.29, 1.82) is 5.26 Å². The highest BCUT2D eigenvalue weighted by molar-refractivity contribution is 5.45. The van der Waals surface area contributed by atoms with Crippen LogP contribution in [0.5, 0.6) is 5.75 Å². The molecule has 0 aromatic heterocycles. The Morgan fingerprint density at radius 2 is 2.06 bits per heavy atom. The lowest BCUT2D eigenvalue weighted by Gasteiger charge is -2.25. The summed E-state index contributed by atoms with van der Waals surface area (Å²) in [6.45, 7) is 5.47. The molecule has 0 fully saturated rings. The van der Waals surface area contributed by atoms with E-state index in [1.165, 1.54) is 0 Å². The minimum absolute atomic E-state index is 0.0957. The van der Waals surface area contributed by atoms with Crippen molar-refractivity contribution in [3.8, 4) is 11.8 Å². The first kappa shape index (κ1) is 14.5. The molecule has 1 N–H and O–H groups in total. The van der Waals surface area contributed by atoms with Crippen LogP contribution < -0.4 is 10.1 Å². The van der Waals surface area contributed by atoms with E-state index in [1.54, 1.807) is 14.2 Å². The van der Waals surface area contributed by atoms with Gasteiger partial charge < -0.3 is 14.8 Å². The molecule has 0 saturated carbocycles. The fourth-order valence-corrected chi connectivity index (χ4v) is 1.71. The molecule has 4 heteroatoms. The van der Waals surface area contributed by atoms with Crippen LogP contribution in [0.3, 0.4) is 0 Å². The average molecular weight is 248 g/mol. The molecule has 1 rings (SSSR count). The number of hydrogen-bond donors (Lipinski definition) is 1. The van der Waals surface area contributed by atoms with Gasteiger partial charge in [-0.15, -0.1) is 0 Å². The summed E-state index contributed by atoms with van der Waals surface area (Å²) in [6.07, 6.45) is 0. The van der Waals surface area contributed by atoms with Gasteiger partial charge in [0.15, 0.2) is 0 Å². The minimum atomic E-state index is -0.0957. The standard InChI is InChI=1S/C14H20N2O2/c1-14(2,10-17-3)16-9-11-5-6-13(18-4)12(7-11)8-15/h5-7,16H,9-10H2,1-4H3. The van der Waals surface area contributed by atoms with Crippen molar-refractivity contribution in [1.82, 2.24) is 5.32 Å². The molecule has 0 aliphatic carbocycles. The van der Waals surface area contributed by atoms with Crippen molar-refractivity contribution in [3.05, 3.63) is 29.3 Å². The monoisotopic (exact) mass is 248 g/mol. The molecule has 4 nitrogen and oxygen atoms in total. The predicted octanol–water partition coefficient (Wildman–Crippen LogP) is 2.08. The number of rotatable bonds is 6. The van der Waals surface area contributed by atoms with Crippen molar-refractivity contribution < 1.29 is 9.47 Å². The van der Waals surface area contributed by atoms with Crippen LogP contribution in [0.2, 0.25) is 0 Å². The highest BCUT2D eigenvalue weighted by atomic mass is 16.5. The van der Waals surface area contributed by atoms with Gasteiger partial charge in [0.1, 0.15) is 11.8 Å². The van der Waals surface area contributed by atoms with Gasteiger partial charge in [-0.25, -0.2) is 0 Å². The van der Waals surface area contributed by atoms with Crippen molar-refractivity contribution in [3.63, 3.8) is 0 Å². The molecule has 0 atom stereocenters. The summed E-state index contributed by atoms with van der Waals surface area (Å²) >= 11 is 0. The van der Waals surface area contributed by atoms with Crippen LogP contribution in [0.1, 0.15) is 25.0 Å². The Labute approximate surface area is 109 Å². The summed E-state index contributed by atoms with van der Waals surface area (Å²) in [6, 6.07) is 7.75. The lowest BCUT2D eigenvalue weighted by Crippen LogP contribution is -2.42. The molecule has 0 bridgehead atoms. The zero-order valence-electron chi connectivity index (χ0n) is 11.4. The number of benzene rings is 1. The molecule has 98 valence electrons. The van der Waals surface area contributed by atoms with Gasteiger partial charge in [0.05, 0.1) is 19.3 Å². The molecule has 0 unspecified atom stereocenters. The largest absolute Gasteiger partial charge is 0.495 e. The molecule has 0 aliphatic rings. The fourth-order valence-electron chi connectivity index (χ4n) is 1.71. The van der Waals surface area contributed by atoms with E-state index in [-0.39, 0.29) is 5.54 Å². The lowest BCUT2D eigenvalue weighted by atomic mass is 10.1. The second-order valence-electron chi connectivity index (χ2n) is 4.82. The Morgan fingerprint density at radius 1 is 1.33 bits per heavy atom. The maximum atomic E-state index is 9.02. The average Bonchev–Trinajstić information content (AvgIpc) is 2.36. The summed E-state index contributed by atoms with van der Waals surface area (Å²) in [5.41, 5.74) is 1.51. The zero-order chi connectivity index (χ0) is 13.6. The molecule has 1 aromatic carbocycles. The van der Waals surface area contributed by atoms with Crippen LogP contribution in [0.25, 0.3) is 0 Å². The van der Waals surface area contributed by atoms with Crippen LogP contribution in [0, 0.1) is 11.3 Å². The topological polar surface area (TPSA) is 54.3 Å². The molecule has 0 saturated heterocycles. The van der Waals surface area contributed by atoms with Crippen LogP contribution in [0.4, 0.5) is 0 Å². The second kappa shape index (κ2) is 6.39. The SMILES string of the molecule is COCC(C)(C)NCc1ccc(OC)c(C#N)c1.